The van der Waals surface area contributed by atoms with Gasteiger partial charge in [-0.3, -0.25) is 15.0 Å². The standard InChI is InChI=1S/C19H26N4OS/c1-19(2,3)15-9-7-14(8-10-15)17(24)20-18-22-21-16(25-18)13-23-11-5-4-6-12-23/h7-10H,4-6,11-13H2,1-3H3,(H,20,22,24). The summed E-state index contributed by atoms with van der Waals surface area (Å²) in [5, 5.41) is 12.7. The minimum absolute atomic E-state index is 0.0809. The molecule has 1 fully saturated rings. The van der Waals surface area contributed by atoms with Gasteiger partial charge in [0.1, 0.15) is 5.01 Å². The number of carbonyl (C=O) groups is 1. The molecule has 1 saturated heterocycles. The van der Waals surface area contributed by atoms with Gasteiger partial charge in [0.2, 0.25) is 5.13 Å². The second kappa shape index (κ2) is 7.62. The Morgan fingerprint density at radius 1 is 1.12 bits per heavy atom. The number of aromatic nitrogens is 2. The van der Waals surface area contributed by atoms with E-state index in [1.54, 1.807) is 0 Å². The molecule has 0 unspecified atom stereocenters. The van der Waals surface area contributed by atoms with Crippen LogP contribution in [0.4, 0.5) is 5.13 Å². The lowest BCUT2D eigenvalue weighted by atomic mass is 9.87. The van der Waals surface area contributed by atoms with Crippen molar-refractivity contribution in [3.05, 3.63) is 40.4 Å². The van der Waals surface area contributed by atoms with Crippen molar-refractivity contribution >= 4 is 22.4 Å². The summed E-state index contributed by atoms with van der Waals surface area (Å²) in [6.45, 7) is 9.56. The fourth-order valence-corrected chi connectivity index (χ4v) is 3.75. The molecule has 1 N–H and O–H groups in total. The van der Waals surface area contributed by atoms with Gasteiger partial charge in [-0.2, -0.15) is 0 Å². The molecule has 0 saturated carbocycles. The van der Waals surface area contributed by atoms with Gasteiger partial charge in [-0.05, 0) is 49.0 Å². The highest BCUT2D eigenvalue weighted by Gasteiger charge is 2.16. The summed E-state index contributed by atoms with van der Waals surface area (Å²) in [5.74, 6) is -0.138. The number of nitrogens with zero attached hydrogens (tertiary/aromatic N) is 3. The number of piperidine rings is 1. The molecule has 2 aromatic rings. The number of carbonyl (C=O) groups excluding carboxylic acids is 1. The number of benzene rings is 1. The van der Waals surface area contributed by atoms with Gasteiger partial charge >= 0.3 is 0 Å². The average Bonchev–Trinajstić information content (AvgIpc) is 3.02. The fraction of sp³-hybridized carbons (Fsp3) is 0.526. The lowest BCUT2D eigenvalue weighted by Crippen LogP contribution is -2.28. The predicted molar refractivity (Wildman–Crippen MR) is 102 cm³/mol. The molecular formula is C19H26N4OS. The van der Waals surface area contributed by atoms with Crippen molar-refractivity contribution in [1.29, 1.82) is 0 Å². The highest BCUT2D eigenvalue weighted by atomic mass is 32.1. The van der Waals surface area contributed by atoms with Crippen molar-refractivity contribution in [3.8, 4) is 0 Å². The summed E-state index contributed by atoms with van der Waals surface area (Å²) in [4.78, 5) is 14.8. The van der Waals surface area contributed by atoms with E-state index >= 15 is 0 Å². The molecule has 1 aliphatic heterocycles. The third kappa shape index (κ3) is 4.86. The summed E-state index contributed by atoms with van der Waals surface area (Å²) < 4.78 is 0. The van der Waals surface area contributed by atoms with Crippen LogP contribution in [-0.4, -0.2) is 34.1 Å². The molecule has 2 heterocycles. The van der Waals surface area contributed by atoms with E-state index in [1.165, 1.54) is 36.2 Å². The molecule has 134 valence electrons. The van der Waals surface area contributed by atoms with Crippen molar-refractivity contribution < 1.29 is 4.79 Å². The zero-order valence-corrected chi connectivity index (χ0v) is 16.0. The number of likely N-dealkylation sites (tertiary alicyclic amines) is 1. The van der Waals surface area contributed by atoms with Gasteiger partial charge in [0.25, 0.3) is 5.91 Å². The van der Waals surface area contributed by atoms with Crippen LogP contribution in [-0.2, 0) is 12.0 Å². The third-order valence-corrected chi connectivity index (χ3v) is 5.33. The Morgan fingerprint density at radius 2 is 1.80 bits per heavy atom. The minimum atomic E-state index is -0.138. The molecule has 1 aromatic heterocycles. The summed E-state index contributed by atoms with van der Waals surface area (Å²) in [7, 11) is 0. The Kier molecular flexibility index (Phi) is 5.49. The van der Waals surface area contributed by atoms with Crippen LogP contribution >= 0.6 is 11.3 Å². The van der Waals surface area contributed by atoms with Gasteiger partial charge in [0.05, 0.1) is 6.54 Å². The van der Waals surface area contributed by atoms with Gasteiger partial charge in [-0.1, -0.05) is 50.7 Å². The van der Waals surface area contributed by atoms with E-state index in [4.69, 9.17) is 0 Å². The Balaban J connectivity index is 1.59. The van der Waals surface area contributed by atoms with E-state index in [-0.39, 0.29) is 11.3 Å². The summed E-state index contributed by atoms with van der Waals surface area (Å²) in [5.41, 5.74) is 1.93. The highest BCUT2D eigenvalue weighted by Crippen LogP contribution is 2.23. The smallest absolute Gasteiger partial charge is 0.257 e. The van der Waals surface area contributed by atoms with Crippen molar-refractivity contribution in [2.75, 3.05) is 18.4 Å². The molecule has 0 aliphatic carbocycles. The molecule has 3 rings (SSSR count). The maximum Gasteiger partial charge on any atom is 0.257 e. The van der Waals surface area contributed by atoms with Gasteiger partial charge in [-0.25, -0.2) is 0 Å². The first-order chi connectivity index (χ1) is 11.9. The molecule has 1 aromatic carbocycles. The van der Waals surface area contributed by atoms with Crippen LogP contribution in [0, 0.1) is 0 Å². The van der Waals surface area contributed by atoms with Crippen molar-refractivity contribution in [1.82, 2.24) is 15.1 Å². The Hall–Kier alpha value is -1.79. The van der Waals surface area contributed by atoms with Crippen LogP contribution in [0.2, 0.25) is 0 Å². The van der Waals surface area contributed by atoms with E-state index in [0.29, 0.717) is 10.7 Å². The normalized spacial score (nSPS) is 16.0. The van der Waals surface area contributed by atoms with Crippen LogP contribution in [0.15, 0.2) is 24.3 Å². The zero-order chi connectivity index (χ0) is 17.9. The van der Waals surface area contributed by atoms with Crippen LogP contribution < -0.4 is 5.32 Å². The summed E-state index contributed by atoms with van der Waals surface area (Å²) in [6, 6.07) is 7.75. The molecule has 0 spiro atoms. The van der Waals surface area contributed by atoms with E-state index < -0.39 is 0 Å². The Bertz CT molecular complexity index is 712. The van der Waals surface area contributed by atoms with Crippen LogP contribution in [0.1, 0.15) is 61.0 Å². The van der Waals surface area contributed by atoms with E-state index in [9.17, 15) is 4.79 Å². The van der Waals surface area contributed by atoms with E-state index in [1.807, 2.05) is 24.3 Å². The number of amides is 1. The molecule has 1 aliphatic rings. The lowest BCUT2D eigenvalue weighted by molar-refractivity contribution is 0.102. The largest absolute Gasteiger partial charge is 0.297 e. The van der Waals surface area contributed by atoms with Gasteiger partial charge in [0.15, 0.2) is 0 Å². The molecule has 0 atom stereocenters. The van der Waals surface area contributed by atoms with Gasteiger partial charge < -0.3 is 0 Å². The van der Waals surface area contributed by atoms with Crippen molar-refractivity contribution in [2.24, 2.45) is 0 Å². The third-order valence-electron chi connectivity index (χ3n) is 4.51. The number of nitrogens with one attached hydrogen (secondary N) is 1. The first-order valence-electron chi connectivity index (χ1n) is 8.88. The highest BCUT2D eigenvalue weighted by molar-refractivity contribution is 7.15. The molecule has 5 nitrogen and oxygen atoms in total. The van der Waals surface area contributed by atoms with Crippen LogP contribution in [0.25, 0.3) is 0 Å². The van der Waals surface area contributed by atoms with Crippen LogP contribution in [0.5, 0.6) is 0 Å². The monoisotopic (exact) mass is 358 g/mol. The lowest BCUT2D eigenvalue weighted by Gasteiger charge is -2.24. The average molecular weight is 359 g/mol. The number of hydrogen-bond donors (Lipinski definition) is 1. The second-order valence-corrected chi connectivity index (χ2v) is 8.68. The van der Waals surface area contributed by atoms with E-state index in [0.717, 1.165) is 24.6 Å². The quantitative estimate of drug-likeness (QED) is 0.895. The summed E-state index contributed by atoms with van der Waals surface area (Å²) in [6.07, 6.45) is 3.84. The van der Waals surface area contributed by atoms with Crippen molar-refractivity contribution in [3.63, 3.8) is 0 Å². The maximum atomic E-state index is 12.4. The molecule has 0 bridgehead atoms. The zero-order valence-electron chi connectivity index (χ0n) is 15.2. The number of rotatable bonds is 4. The first kappa shape index (κ1) is 18.0. The number of hydrogen-bond acceptors (Lipinski definition) is 5. The molecule has 0 radical (unpaired) electrons. The molecule has 25 heavy (non-hydrogen) atoms. The maximum absolute atomic E-state index is 12.4. The number of anilines is 1. The molecule has 1 amide bonds. The summed E-state index contributed by atoms with van der Waals surface area (Å²) >= 11 is 1.46. The van der Waals surface area contributed by atoms with Gasteiger partial charge in [0, 0.05) is 5.56 Å². The topological polar surface area (TPSA) is 58.1 Å². The predicted octanol–water partition coefficient (Wildman–Crippen LogP) is 4.07. The van der Waals surface area contributed by atoms with Crippen LogP contribution in [0.3, 0.4) is 0 Å². The Morgan fingerprint density at radius 3 is 2.44 bits per heavy atom. The minimum Gasteiger partial charge on any atom is -0.297 e. The van der Waals surface area contributed by atoms with Gasteiger partial charge in [-0.15, -0.1) is 10.2 Å². The SMILES string of the molecule is CC(C)(C)c1ccc(C(=O)Nc2nnc(CN3CCCCC3)s2)cc1. The van der Waals surface area contributed by atoms with E-state index in [2.05, 4.69) is 41.2 Å². The molecular weight excluding hydrogens is 332 g/mol. The van der Waals surface area contributed by atoms with Crippen molar-refractivity contribution in [2.45, 2.75) is 52.0 Å². The fourth-order valence-electron chi connectivity index (χ4n) is 2.97. The second-order valence-electron chi connectivity index (χ2n) is 7.62. The molecule has 6 heteroatoms. The Labute approximate surface area is 153 Å². The first-order valence-corrected chi connectivity index (χ1v) is 9.70.